The highest BCUT2D eigenvalue weighted by Crippen LogP contribution is 2.07. The Morgan fingerprint density at radius 1 is 1.32 bits per heavy atom. The van der Waals surface area contributed by atoms with E-state index in [0.29, 0.717) is 0 Å². The summed E-state index contributed by atoms with van der Waals surface area (Å²) in [5.41, 5.74) is 0.258. The second kappa shape index (κ2) is 6.01. The van der Waals surface area contributed by atoms with Gasteiger partial charge in [0.2, 0.25) is 10.0 Å². The summed E-state index contributed by atoms with van der Waals surface area (Å²) in [7, 11) is -7.69. The highest BCUT2D eigenvalue weighted by Gasteiger charge is 2.18. The topological polar surface area (TPSA) is 113 Å². The number of nitrogens with one attached hydrogen (secondary N) is 1. The summed E-state index contributed by atoms with van der Waals surface area (Å²) >= 11 is 0. The molecule has 2 N–H and O–H groups in total. The predicted octanol–water partition coefficient (Wildman–Crippen LogP) is -0.831. The third-order valence-corrected chi connectivity index (χ3v) is 5.15. The van der Waals surface area contributed by atoms with Crippen LogP contribution in [0.25, 0.3) is 0 Å². The first-order chi connectivity index (χ1) is 8.72. The van der Waals surface area contributed by atoms with Crippen LogP contribution in [0.4, 0.5) is 5.82 Å². The molecule has 0 aliphatic carbocycles. The molecule has 1 aromatic rings. The number of rotatable bonds is 4. The molecule has 0 aromatic carbocycles. The van der Waals surface area contributed by atoms with Crippen molar-refractivity contribution in [3.63, 3.8) is 0 Å². The van der Waals surface area contributed by atoms with Crippen LogP contribution < -0.4 is 4.72 Å². The van der Waals surface area contributed by atoms with Gasteiger partial charge in [0.1, 0.15) is 18.1 Å². The van der Waals surface area contributed by atoms with Crippen molar-refractivity contribution in [1.29, 1.82) is 0 Å². The number of aliphatic hydroxyl groups excluding tert-OH is 1. The van der Waals surface area contributed by atoms with Crippen molar-refractivity contribution in [1.82, 2.24) is 4.98 Å². The van der Waals surface area contributed by atoms with Gasteiger partial charge in [0.25, 0.3) is 0 Å². The minimum Gasteiger partial charge on any atom is -0.384 e. The molecular formula is C10H12N2O5S2. The highest BCUT2D eigenvalue weighted by molar-refractivity contribution is 8.08. The molecule has 0 fully saturated rings. The average molecular weight is 304 g/mol. The van der Waals surface area contributed by atoms with Gasteiger partial charge in [0.05, 0.1) is 0 Å². The fourth-order valence-electron chi connectivity index (χ4n) is 1.16. The van der Waals surface area contributed by atoms with E-state index in [4.69, 9.17) is 5.11 Å². The summed E-state index contributed by atoms with van der Waals surface area (Å²) in [4.78, 5) is 3.86. The Kier molecular flexibility index (Phi) is 4.88. The summed E-state index contributed by atoms with van der Waals surface area (Å²) < 4.78 is 47.0. The van der Waals surface area contributed by atoms with Crippen molar-refractivity contribution in [2.24, 2.45) is 0 Å². The molecule has 0 spiro atoms. The number of aromatic nitrogens is 1. The van der Waals surface area contributed by atoms with Crippen LogP contribution in [0.2, 0.25) is 0 Å². The number of hydrogen-bond donors (Lipinski definition) is 2. The number of hydrogen-bond acceptors (Lipinski definition) is 6. The zero-order chi connectivity index (χ0) is 14.5. The van der Waals surface area contributed by atoms with Crippen LogP contribution in [0, 0.1) is 11.8 Å². The first-order valence-corrected chi connectivity index (χ1v) is 8.68. The van der Waals surface area contributed by atoms with E-state index in [1.165, 1.54) is 18.2 Å². The highest BCUT2D eigenvalue weighted by atomic mass is 32.3. The standard InChI is InChI=1S/C10H12N2O5S2/c1-18(14,15)8-19(16,17)12-10-6-2-4-9(11-10)5-3-7-13/h2,4,6,13H,7-8H2,1H3,(H,11,12). The molecule has 0 atom stereocenters. The molecule has 1 aromatic heterocycles. The summed E-state index contributed by atoms with van der Waals surface area (Å²) in [6, 6.07) is 4.40. The molecule has 0 radical (unpaired) electrons. The fraction of sp³-hybridized carbons (Fsp3) is 0.300. The quantitative estimate of drug-likeness (QED) is 0.702. The first kappa shape index (κ1) is 15.4. The van der Waals surface area contributed by atoms with Gasteiger partial charge in [0.15, 0.2) is 14.9 Å². The predicted molar refractivity (Wildman–Crippen MR) is 70.5 cm³/mol. The molecule has 19 heavy (non-hydrogen) atoms. The number of pyridine rings is 1. The van der Waals surface area contributed by atoms with Crippen LogP contribution >= 0.6 is 0 Å². The van der Waals surface area contributed by atoms with Crippen molar-refractivity contribution in [3.05, 3.63) is 23.9 Å². The van der Waals surface area contributed by atoms with E-state index in [1.807, 2.05) is 4.72 Å². The monoisotopic (exact) mass is 304 g/mol. The molecule has 0 aliphatic heterocycles. The molecule has 9 heteroatoms. The second-order valence-electron chi connectivity index (χ2n) is 3.63. The fourth-order valence-corrected chi connectivity index (χ4v) is 4.08. The van der Waals surface area contributed by atoms with Crippen molar-refractivity contribution < 1.29 is 21.9 Å². The molecule has 0 bridgehead atoms. The Balaban J connectivity index is 2.94. The van der Waals surface area contributed by atoms with Gasteiger partial charge in [-0.3, -0.25) is 4.72 Å². The molecule has 1 rings (SSSR count). The lowest BCUT2D eigenvalue weighted by Crippen LogP contribution is -2.22. The number of aliphatic hydroxyl groups is 1. The maximum absolute atomic E-state index is 11.5. The van der Waals surface area contributed by atoms with Crippen LogP contribution in [0.3, 0.4) is 0 Å². The zero-order valence-corrected chi connectivity index (χ0v) is 11.6. The van der Waals surface area contributed by atoms with E-state index in [0.717, 1.165) is 6.26 Å². The lowest BCUT2D eigenvalue weighted by atomic mass is 10.3. The lowest BCUT2D eigenvalue weighted by molar-refractivity contribution is 0.350. The SMILES string of the molecule is CS(=O)(=O)CS(=O)(=O)Nc1cccc(C#CCO)n1. The summed E-state index contributed by atoms with van der Waals surface area (Å²) in [5, 5.41) is 7.51. The van der Waals surface area contributed by atoms with Gasteiger partial charge in [-0.15, -0.1) is 0 Å². The Bertz CT molecular complexity index is 714. The molecule has 0 unspecified atom stereocenters. The van der Waals surface area contributed by atoms with Crippen molar-refractivity contribution in [2.75, 3.05) is 22.7 Å². The largest absolute Gasteiger partial charge is 0.384 e. The van der Waals surface area contributed by atoms with Gasteiger partial charge in [0, 0.05) is 6.26 Å². The van der Waals surface area contributed by atoms with E-state index in [9.17, 15) is 16.8 Å². The van der Waals surface area contributed by atoms with E-state index < -0.39 is 24.9 Å². The minimum atomic E-state index is -4.03. The third kappa shape index (κ3) is 6.19. The molecule has 0 aliphatic rings. The summed E-state index contributed by atoms with van der Waals surface area (Å²) in [6.45, 7) is -0.342. The van der Waals surface area contributed by atoms with Crippen LogP contribution in [-0.4, -0.2) is 44.9 Å². The number of sulfone groups is 1. The van der Waals surface area contributed by atoms with Crippen molar-refractivity contribution in [2.45, 2.75) is 0 Å². The third-order valence-electron chi connectivity index (χ3n) is 1.67. The second-order valence-corrected chi connectivity index (χ2v) is 7.86. The van der Waals surface area contributed by atoms with Crippen LogP contribution in [0.15, 0.2) is 18.2 Å². The van der Waals surface area contributed by atoms with Gasteiger partial charge in [-0.2, -0.15) is 0 Å². The molecule has 0 amide bonds. The zero-order valence-electron chi connectivity index (χ0n) is 9.99. The molecule has 104 valence electrons. The maximum Gasteiger partial charge on any atom is 0.248 e. The molecule has 0 saturated carbocycles. The normalized spacial score (nSPS) is 11.5. The Morgan fingerprint density at radius 3 is 2.58 bits per heavy atom. The Morgan fingerprint density at radius 2 is 2.00 bits per heavy atom. The van der Waals surface area contributed by atoms with Crippen LogP contribution in [-0.2, 0) is 19.9 Å². The average Bonchev–Trinajstić information content (AvgIpc) is 2.22. The maximum atomic E-state index is 11.5. The minimum absolute atomic E-state index is 0.0339. The molecule has 0 saturated heterocycles. The summed E-state index contributed by atoms with van der Waals surface area (Å²) in [5.74, 6) is 4.83. The number of sulfonamides is 1. The number of nitrogens with zero attached hydrogens (tertiary/aromatic N) is 1. The van der Waals surface area contributed by atoms with Gasteiger partial charge in [-0.25, -0.2) is 21.8 Å². The van der Waals surface area contributed by atoms with E-state index in [2.05, 4.69) is 16.8 Å². The van der Waals surface area contributed by atoms with Crippen LogP contribution in [0.1, 0.15) is 5.69 Å². The van der Waals surface area contributed by atoms with Crippen molar-refractivity contribution in [3.8, 4) is 11.8 Å². The van der Waals surface area contributed by atoms with Gasteiger partial charge < -0.3 is 5.11 Å². The van der Waals surface area contributed by atoms with Crippen LogP contribution in [0.5, 0.6) is 0 Å². The van der Waals surface area contributed by atoms with Gasteiger partial charge in [-0.1, -0.05) is 12.0 Å². The Labute approximate surface area is 111 Å². The smallest absolute Gasteiger partial charge is 0.248 e. The summed E-state index contributed by atoms with van der Waals surface area (Å²) in [6.07, 6.45) is 0.822. The van der Waals surface area contributed by atoms with E-state index in [-0.39, 0.29) is 18.1 Å². The molecular weight excluding hydrogens is 292 g/mol. The van der Waals surface area contributed by atoms with Gasteiger partial charge in [-0.05, 0) is 18.1 Å². The lowest BCUT2D eigenvalue weighted by Gasteiger charge is -2.06. The first-order valence-electron chi connectivity index (χ1n) is 4.97. The van der Waals surface area contributed by atoms with Crippen molar-refractivity contribution >= 4 is 25.7 Å². The van der Waals surface area contributed by atoms with Gasteiger partial charge >= 0.3 is 0 Å². The molecule has 1 heterocycles. The molecule has 7 nitrogen and oxygen atoms in total. The Hall–Kier alpha value is -1.63. The van der Waals surface area contributed by atoms with E-state index in [1.54, 1.807) is 0 Å². The van der Waals surface area contributed by atoms with E-state index >= 15 is 0 Å². The number of anilines is 1.